The van der Waals surface area contributed by atoms with Gasteiger partial charge in [0, 0.05) is 19.3 Å². The van der Waals surface area contributed by atoms with Gasteiger partial charge in [-0.3, -0.25) is 9.36 Å². The Morgan fingerprint density at radius 2 is 2.24 bits per heavy atom. The van der Waals surface area contributed by atoms with E-state index in [1.54, 1.807) is 6.20 Å². The molecule has 0 saturated heterocycles. The summed E-state index contributed by atoms with van der Waals surface area (Å²) in [6, 6.07) is 1.97. The fraction of sp³-hybridized carbons (Fsp3) is 0.545. The minimum absolute atomic E-state index is 0.670. The van der Waals surface area contributed by atoms with Gasteiger partial charge in [0.05, 0.1) is 11.9 Å². The van der Waals surface area contributed by atoms with Gasteiger partial charge in [-0.2, -0.15) is 5.10 Å². The van der Waals surface area contributed by atoms with E-state index in [4.69, 9.17) is 5.73 Å². The second-order valence-corrected chi connectivity index (χ2v) is 3.95. The van der Waals surface area contributed by atoms with Crippen molar-refractivity contribution in [1.82, 2.24) is 24.8 Å². The quantitative estimate of drug-likeness (QED) is 0.805. The lowest BCUT2D eigenvalue weighted by Gasteiger charge is -2.02. The average molecular weight is 234 g/mol. The summed E-state index contributed by atoms with van der Waals surface area (Å²) in [4.78, 5) is 0. The molecule has 92 valence electrons. The van der Waals surface area contributed by atoms with Gasteiger partial charge in [0.15, 0.2) is 0 Å². The van der Waals surface area contributed by atoms with Gasteiger partial charge in [-0.15, -0.1) is 5.10 Å². The van der Waals surface area contributed by atoms with E-state index in [1.807, 2.05) is 21.6 Å². The zero-order valence-electron chi connectivity index (χ0n) is 10.1. The summed E-state index contributed by atoms with van der Waals surface area (Å²) >= 11 is 0. The number of hydrogen-bond acceptors (Lipinski definition) is 4. The van der Waals surface area contributed by atoms with E-state index in [0.717, 1.165) is 37.3 Å². The largest absolute Gasteiger partial charge is 0.330 e. The lowest BCUT2D eigenvalue weighted by Crippen LogP contribution is -2.06. The summed E-state index contributed by atoms with van der Waals surface area (Å²) in [6.07, 6.45) is 5.70. The molecule has 0 aliphatic heterocycles. The Morgan fingerprint density at radius 3 is 3.00 bits per heavy atom. The van der Waals surface area contributed by atoms with Crippen LogP contribution in [0.25, 0.3) is 11.4 Å². The van der Waals surface area contributed by atoms with Gasteiger partial charge in [0.1, 0.15) is 5.69 Å². The molecule has 0 spiro atoms. The maximum Gasteiger partial charge on any atom is 0.131 e. The van der Waals surface area contributed by atoms with Crippen LogP contribution >= 0.6 is 0 Å². The van der Waals surface area contributed by atoms with E-state index in [1.165, 1.54) is 0 Å². The van der Waals surface area contributed by atoms with Crippen molar-refractivity contribution in [3.8, 4) is 11.4 Å². The molecule has 0 amide bonds. The lowest BCUT2D eigenvalue weighted by atomic mass is 10.3. The second kappa shape index (κ2) is 5.58. The predicted octanol–water partition coefficient (Wildman–Crippen LogP) is 0.900. The first kappa shape index (κ1) is 11.8. The van der Waals surface area contributed by atoms with Crippen molar-refractivity contribution in [2.45, 2.75) is 32.9 Å². The van der Waals surface area contributed by atoms with Crippen LogP contribution in [-0.4, -0.2) is 31.3 Å². The number of hydrogen-bond donors (Lipinski definition) is 1. The van der Waals surface area contributed by atoms with Crippen molar-refractivity contribution in [3.05, 3.63) is 18.5 Å². The number of rotatable bonds is 6. The number of aryl methyl sites for hydroxylation is 2. The minimum Gasteiger partial charge on any atom is -0.330 e. The fourth-order valence-electron chi connectivity index (χ4n) is 1.72. The number of nitrogens with two attached hydrogens (primary N) is 1. The summed E-state index contributed by atoms with van der Waals surface area (Å²) in [6.45, 7) is 4.51. The van der Waals surface area contributed by atoms with E-state index >= 15 is 0 Å². The molecule has 6 heteroatoms. The molecule has 0 aliphatic rings. The molecule has 0 aliphatic carbocycles. The molecule has 0 fully saturated rings. The Morgan fingerprint density at radius 1 is 1.35 bits per heavy atom. The lowest BCUT2D eigenvalue weighted by molar-refractivity contribution is 0.564. The van der Waals surface area contributed by atoms with E-state index in [0.29, 0.717) is 6.54 Å². The van der Waals surface area contributed by atoms with Crippen molar-refractivity contribution in [2.75, 3.05) is 6.54 Å². The van der Waals surface area contributed by atoms with Crippen molar-refractivity contribution < 1.29 is 0 Å². The van der Waals surface area contributed by atoms with Crippen LogP contribution in [0.3, 0.4) is 0 Å². The van der Waals surface area contributed by atoms with Gasteiger partial charge in [0.25, 0.3) is 0 Å². The topological polar surface area (TPSA) is 74.5 Å². The fourth-order valence-corrected chi connectivity index (χ4v) is 1.72. The van der Waals surface area contributed by atoms with Crippen LogP contribution in [0, 0.1) is 0 Å². The summed E-state index contributed by atoms with van der Waals surface area (Å²) < 4.78 is 3.78. The highest BCUT2D eigenvalue weighted by Gasteiger charge is 2.08. The van der Waals surface area contributed by atoms with E-state index < -0.39 is 0 Å². The smallest absolute Gasteiger partial charge is 0.131 e. The zero-order chi connectivity index (χ0) is 12.1. The maximum atomic E-state index is 5.47. The first-order valence-corrected chi connectivity index (χ1v) is 5.97. The highest BCUT2D eigenvalue weighted by molar-refractivity contribution is 5.52. The van der Waals surface area contributed by atoms with Crippen LogP contribution in [0.5, 0.6) is 0 Å². The van der Waals surface area contributed by atoms with Crippen molar-refractivity contribution in [1.29, 1.82) is 0 Å². The second-order valence-electron chi connectivity index (χ2n) is 3.95. The molecule has 0 unspecified atom stereocenters. The average Bonchev–Trinajstić information content (AvgIpc) is 2.95. The molecule has 0 saturated carbocycles. The molecule has 6 nitrogen and oxygen atoms in total. The number of aromatic nitrogens is 5. The Kier molecular flexibility index (Phi) is 3.87. The molecule has 2 aromatic rings. The van der Waals surface area contributed by atoms with Gasteiger partial charge in [-0.05, 0) is 25.5 Å². The summed E-state index contributed by atoms with van der Waals surface area (Å²) in [7, 11) is 0. The monoisotopic (exact) mass is 234 g/mol. The third kappa shape index (κ3) is 2.71. The Hall–Kier alpha value is -1.69. The molecule has 0 radical (unpaired) electrons. The van der Waals surface area contributed by atoms with E-state index in [-0.39, 0.29) is 0 Å². The summed E-state index contributed by atoms with van der Waals surface area (Å²) in [5.74, 6) is 0. The first-order valence-electron chi connectivity index (χ1n) is 5.97. The standard InChI is InChI=1S/C11H18N6/c1-2-7-17-11(4-6-13-17)10-9-16(15-14-10)8-3-5-12/h4,6,9H,2-3,5,7-8,12H2,1H3. The molecule has 0 aromatic carbocycles. The molecule has 17 heavy (non-hydrogen) atoms. The Bertz CT molecular complexity index is 458. The minimum atomic E-state index is 0.670. The SMILES string of the molecule is CCCn1nccc1-c1cn(CCCN)nn1. The third-order valence-corrected chi connectivity index (χ3v) is 2.54. The Labute approximate surface area is 100 Å². The maximum absolute atomic E-state index is 5.47. The van der Waals surface area contributed by atoms with Crippen molar-refractivity contribution in [3.63, 3.8) is 0 Å². The van der Waals surface area contributed by atoms with Gasteiger partial charge >= 0.3 is 0 Å². The predicted molar refractivity (Wildman–Crippen MR) is 65.2 cm³/mol. The van der Waals surface area contributed by atoms with Gasteiger partial charge in [-0.1, -0.05) is 12.1 Å². The van der Waals surface area contributed by atoms with Crippen LogP contribution in [0.2, 0.25) is 0 Å². The first-order chi connectivity index (χ1) is 8.35. The third-order valence-electron chi connectivity index (χ3n) is 2.54. The van der Waals surface area contributed by atoms with Crippen molar-refractivity contribution in [2.24, 2.45) is 5.73 Å². The van der Waals surface area contributed by atoms with Crippen LogP contribution in [0.15, 0.2) is 18.5 Å². The molecule has 2 heterocycles. The summed E-state index contributed by atoms with van der Waals surface area (Å²) in [5, 5.41) is 12.5. The van der Waals surface area contributed by atoms with Crippen molar-refractivity contribution >= 4 is 0 Å². The van der Waals surface area contributed by atoms with Crippen LogP contribution < -0.4 is 5.73 Å². The van der Waals surface area contributed by atoms with Gasteiger partial charge in [-0.25, -0.2) is 0 Å². The summed E-state index contributed by atoms with van der Waals surface area (Å²) in [5.41, 5.74) is 7.35. The molecule has 0 atom stereocenters. The molecule has 0 bridgehead atoms. The van der Waals surface area contributed by atoms with Gasteiger partial charge in [0.2, 0.25) is 0 Å². The van der Waals surface area contributed by atoms with E-state index in [9.17, 15) is 0 Å². The van der Waals surface area contributed by atoms with Crippen LogP contribution in [0.4, 0.5) is 0 Å². The van der Waals surface area contributed by atoms with Crippen LogP contribution in [0.1, 0.15) is 19.8 Å². The molecular weight excluding hydrogens is 216 g/mol. The molecule has 2 N–H and O–H groups in total. The molecular formula is C11H18N6. The van der Waals surface area contributed by atoms with Crippen LogP contribution in [-0.2, 0) is 13.1 Å². The van der Waals surface area contributed by atoms with E-state index in [2.05, 4.69) is 22.3 Å². The Balaban J connectivity index is 2.15. The van der Waals surface area contributed by atoms with Gasteiger partial charge < -0.3 is 5.73 Å². The zero-order valence-corrected chi connectivity index (χ0v) is 10.1. The number of nitrogens with zero attached hydrogens (tertiary/aromatic N) is 5. The normalized spacial score (nSPS) is 10.9. The highest BCUT2D eigenvalue weighted by atomic mass is 15.4. The molecule has 2 rings (SSSR count). The highest BCUT2D eigenvalue weighted by Crippen LogP contribution is 2.15. The molecule has 2 aromatic heterocycles.